The van der Waals surface area contributed by atoms with Gasteiger partial charge < -0.3 is 9.47 Å². The minimum absolute atomic E-state index is 0.895. The van der Waals surface area contributed by atoms with Crippen LogP contribution in [0.25, 0.3) is 40.4 Å². The molecule has 5 rings (SSSR count). The van der Waals surface area contributed by atoms with E-state index in [1.54, 1.807) is 14.2 Å². The zero-order chi connectivity index (χ0) is 32.7. The Balaban J connectivity index is 1.19. The van der Waals surface area contributed by atoms with Gasteiger partial charge in [-0.05, 0) is 108 Å². The molecule has 0 bridgehead atoms. The summed E-state index contributed by atoms with van der Waals surface area (Å²) < 4.78 is 10.8. The number of methoxy groups -OCH3 is 2. The SMILES string of the molecule is CCCCCCCCCCCCCCCCc1cc(-c2ccc(-c3ccc(OC)cc3)s2)sc1-c1ccc(-c2ccc(OC)cc2)s1. The zero-order valence-electron chi connectivity index (χ0n) is 28.7. The van der Waals surface area contributed by atoms with Crippen LogP contribution in [0.1, 0.15) is 102 Å². The summed E-state index contributed by atoms with van der Waals surface area (Å²) in [6.45, 7) is 2.30. The Hall–Kier alpha value is -2.86. The lowest BCUT2D eigenvalue weighted by molar-refractivity contribution is 0.415. The first-order valence-electron chi connectivity index (χ1n) is 17.8. The average molecular weight is 685 g/mol. The molecule has 5 aromatic rings. The van der Waals surface area contributed by atoms with E-state index in [-0.39, 0.29) is 0 Å². The molecule has 0 saturated carbocycles. The molecule has 0 saturated heterocycles. The minimum atomic E-state index is 0.895. The van der Waals surface area contributed by atoms with Gasteiger partial charge >= 0.3 is 0 Å². The van der Waals surface area contributed by atoms with Crippen molar-refractivity contribution in [3.8, 4) is 51.9 Å². The second-order valence-electron chi connectivity index (χ2n) is 12.6. The Bertz CT molecular complexity index is 1590. The van der Waals surface area contributed by atoms with E-state index in [1.807, 2.05) is 46.1 Å². The fourth-order valence-corrected chi connectivity index (χ4v) is 9.67. The molecule has 0 unspecified atom stereocenters. The van der Waals surface area contributed by atoms with Crippen LogP contribution in [0.15, 0.2) is 78.9 Å². The molecule has 0 N–H and O–H groups in total. The first-order valence-corrected chi connectivity index (χ1v) is 20.3. The van der Waals surface area contributed by atoms with Crippen molar-refractivity contribution in [3.05, 3.63) is 84.4 Å². The molecule has 47 heavy (non-hydrogen) atoms. The number of aryl methyl sites for hydroxylation is 1. The number of unbranched alkanes of at least 4 members (excludes halogenated alkanes) is 13. The molecule has 3 aromatic heterocycles. The van der Waals surface area contributed by atoms with Crippen molar-refractivity contribution in [2.75, 3.05) is 14.2 Å². The molecule has 0 radical (unpaired) electrons. The van der Waals surface area contributed by atoms with Crippen LogP contribution in [0.3, 0.4) is 0 Å². The number of ether oxygens (including phenoxy) is 2. The van der Waals surface area contributed by atoms with Crippen molar-refractivity contribution in [1.29, 1.82) is 0 Å². The van der Waals surface area contributed by atoms with Crippen LogP contribution in [0, 0.1) is 0 Å². The van der Waals surface area contributed by atoms with Crippen LogP contribution < -0.4 is 9.47 Å². The summed E-state index contributed by atoms with van der Waals surface area (Å²) in [5.74, 6) is 1.79. The Labute approximate surface area is 295 Å². The molecule has 0 spiro atoms. The van der Waals surface area contributed by atoms with Crippen molar-refractivity contribution in [2.24, 2.45) is 0 Å². The number of thiophene rings is 3. The van der Waals surface area contributed by atoms with Gasteiger partial charge in [-0.1, -0.05) is 90.4 Å². The maximum Gasteiger partial charge on any atom is 0.118 e. The molecule has 0 aliphatic carbocycles. The molecule has 0 amide bonds. The molecule has 0 atom stereocenters. The maximum atomic E-state index is 5.38. The van der Waals surface area contributed by atoms with Gasteiger partial charge in [-0.3, -0.25) is 0 Å². The topological polar surface area (TPSA) is 18.5 Å². The second kappa shape index (κ2) is 19.2. The van der Waals surface area contributed by atoms with Gasteiger partial charge in [-0.15, -0.1) is 34.0 Å². The summed E-state index contributed by atoms with van der Waals surface area (Å²) in [7, 11) is 3.44. The molecule has 2 nitrogen and oxygen atoms in total. The first-order chi connectivity index (χ1) is 23.2. The van der Waals surface area contributed by atoms with Gasteiger partial charge in [0, 0.05) is 29.3 Å². The lowest BCUT2D eigenvalue weighted by Crippen LogP contribution is -1.87. The Morgan fingerprint density at radius 3 is 1.34 bits per heavy atom. The van der Waals surface area contributed by atoms with Gasteiger partial charge in [-0.25, -0.2) is 0 Å². The molecule has 0 fully saturated rings. The van der Waals surface area contributed by atoms with E-state index in [1.165, 1.54) is 136 Å². The number of benzene rings is 2. The Morgan fingerprint density at radius 2 is 0.851 bits per heavy atom. The predicted molar refractivity (Wildman–Crippen MR) is 209 cm³/mol. The number of rotatable bonds is 21. The van der Waals surface area contributed by atoms with E-state index < -0.39 is 0 Å². The molecular weight excluding hydrogens is 633 g/mol. The smallest absolute Gasteiger partial charge is 0.118 e. The van der Waals surface area contributed by atoms with Crippen molar-refractivity contribution in [3.63, 3.8) is 0 Å². The maximum absolute atomic E-state index is 5.38. The minimum Gasteiger partial charge on any atom is -0.497 e. The van der Waals surface area contributed by atoms with Crippen LogP contribution in [0.4, 0.5) is 0 Å². The summed E-state index contributed by atoms with van der Waals surface area (Å²) in [6.07, 6.45) is 20.7. The first kappa shape index (κ1) is 35.4. The second-order valence-corrected chi connectivity index (χ2v) is 15.8. The fourth-order valence-electron chi connectivity index (χ4n) is 6.21. The Kier molecular flexibility index (Phi) is 14.5. The molecule has 0 aliphatic rings. The van der Waals surface area contributed by atoms with Crippen molar-refractivity contribution in [2.45, 2.75) is 103 Å². The molecular formula is C42H52O2S3. The van der Waals surface area contributed by atoms with E-state index in [9.17, 15) is 0 Å². The summed E-state index contributed by atoms with van der Waals surface area (Å²) in [4.78, 5) is 8.14. The molecule has 250 valence electrons. The molecule has 5 heteroatoms. The van der Waals surface area contributed by atoms with Gasteiger partial charge in [0.15, 0.2) is 0 Å². The van der Waals surface area contributed by atoms with Gasteiger partial charge in [-0.2, -0.15) is 0 Å². The van der Waals surface area contributed by atoms with E-state index in [0.29, 0.717) is 0 Å². The van der Waals surface area contributed by atoms with Crippen LogP contribution in [0.2, 0.25) is 0 Å². The van der Waals surface area contributed by atoms with E-state index in [2.05, 4.69) is 73.7 Å². The largest absolute Gasteiger partial charge is 0.497 e. The monoisotopic (exact) mass is 684 g/mol. The normalized spacial score (nSPS) is 11.3. The molecule has 3 heterocycles. The van der Waals surface area contributed by atoms with Gasteiger partial charge in [0.1, 0.15) is 11.5 Å². The summed E-state index contributed by atoms with van der Waals surface area (Å²) >= 11 is 5.75. The highest BCUT2D eigenvalue weighted by Crippen LogP contribution is 2.46. The lowest BCUT2D eigenvalue weighted by atomic mass is 10.0. The van der Waals surface area contributed by atoms with Crippen molar-refractivity contribution < 1.29 is 9.47 Å². The third-order valence-corrected chi connectivity index (χ3v) is 12.9. The highest BCUT2D eigenvalue weighted by atomic mass is 32.1. The van der Waals surface area contributed by atoms with Gasteiger partial charge in [0.25, 0.3) is 0 Å². The van der Waals surface area contributed by atoms with Crippen LogP contribution in [-0.2, 0) is 6.42 Å². The number of hydrogen-bond donors (Lipinski definition) is 0. The molecule has 2 aromatic carbocycles. The lowest BCUT2D eigenvalue weighted by Gasteiger charge is -2.04. The summed E-state index contributed by atoms with van der Waals surface area (Å²) in [5.41, 5.74) is 3.99. The third kappa shape index (κ3) is 10.6. The fraction of sp³-hybridized carbons (Fsp3) is 0.429. The van der Waals surface area contributed by atoms with Crippen LogP contribution >= 0.6 is 34.0 Å². The summed E-state index contributed by atoms with van der Waals surface area (Å²) in [6, 6.07) is 28.5. The van der Waals surface area contributed by atoms with E-state index in [4.69, 9.17) is 9.47 Å². The highest BCUT2D eigenvalue weighted by Gasteiger charge is 2.16. The zero-order valence-corrected chi connectivity index (χ0v) is 31.1. The standard InChI is InChI=1S/C42H52O2S3/c1-4-5-6-7-8-9-10-11-12-13-14-15-16-17-18-34-31-41(39-29-27-37(45-39)32-19-23-35(43-2)24-20-32)47-42(34)40-30-28-38(46-40)33-21-25-36(44-3)26-22-33/h19-31H,4-18H2,1-3H3. The van der Waals surface area contributed by atoms with Gasteiger partial charge in [0.05, 0.1) is 14.2 Å². The van der Waals surface area contributed by atoms with Crippen molar-refractivity contribution in [1.82, 2.24) is 0 Å². The van der Waals surface area contributed by atoms with Crippen molar-refractivity contribution >= 4 is 34.0 Å². The molecule has 0 aliphatic heterocycles. The average Bonchev–Trinajstić information content (AvgIpc) is 3.89. The highest BCUT2D eigenvalue weighted by molar-refractivity contribution is 7.28. The quantitative estimate of drug-likeness (QED) is 0.0716. The van der Waals surface area contributed by atoms with E-state index >= 15 is 0 Å². The predicted octanol–water partition coefficient (Wildman–Crippen LogP) is 14.6. The van der Waals surface area contributed by atoms with Crippen LogP contribution in [0.5, 0.6) is 11.5 Å². The Morgan fingerprint density at radius 1 is 0.426 bits per heavy atom. The summed E-state index contributed by atoms with van der Waals surface area (Å²) in [5, 5.41) is 0. The third-order valence-electron chi connectivity index (χ3n) is 9.04. The number of hydrogen-bond acceptors (Lipinski definition) is 5. The van der Waals surface area contributed by atoms with Gasteiger partial charge in [0.2, 0.25) is 0 Å². The van der Waals surface area contributed by atoms with E-state index in [0.717, 1.165) is 17.9 Å². The van der Waals surface area contributed by atoms with Crippen LogP contribution in [-0.4, -0.2) is 14.2 Å².